The maximum atomic E-state index is 4.37. The largest absolute Gasteiger partial charge is 0.370 e. The van der Waals surface area contributed by atoms with Gasteiger partial charge in [-0.2, -0.15) is 5.10 Å². The van der Waals surface area contributed by atoms with Crippen LogP contribution in [0.3, 0.4) is 0 Å². The highest BCUT2D eigenvalue weighted by atomic mass is 15.3. The van der Waals surface area contributed by atoms with Gasteiger partial charge in [-0.3, -0.25) is 9.88 Å². The smallest absolute Gasteiger partial charge is 0.124 e. The van der Waals surface area contributed by atoms with Crippen molar-refractivity contribution in [1.82, 2.24) is 25.0 Å². The van der Waals surface area contributed by atoms with Gasteiger partial charge in [0.2, 0.25) is 0 Å². The average Bonchev–Trinajstić information content (AvgIpc) is 3.10. The van der Waals surface area contributed by atoms with Gasteiger partial charge in [0, 0.05) is 56.6 Å². The summed E-state index contributed by atoms with van der Waals surface area (Å²) in [5.74, 6) is 1.77. The van der Waals surface area contributed by atoms with Crippen molar-refractivity contribution >= 4 is 5.82 Å². The lowest BCUT2D eigenvalue weighted by atomic mass is 10.0. The summed E-state index contributed by atoms with van der Waals surface area (Å²) in [5, 5.41) is 11.6. The van der Waals surface area contributed by atoms with E-state index in [1.165, 1.54) is 31.5 Å². The van der Waals surface area contributed by atoms with Crippen molar-refractivity contribution in [3.63, 3.8) is 0 Å². The van der Waals surface area contributed by atoms with Crippen LogP contribution in [0.4, 0.5) is 5.82 Å². The molecule has 1 fully saturated rings. The van der Waals surface area contributed by atoms with E-state index in [4.69, 9.17) is 0 Å². The van der Waals surface area contributed by atoms with E-state index < -0.39 is 0 Å². The van der Waals surface area contributed by atoms with Gasteiger partial charge < -0.3 is 10.6 Å². The lowest BCUT2D eigenvalue weighted by Crippen LogP contribution is -2.45. The minimum Gasteiger partial charge on any atom is -0.370 e. The Morgan fingerprint density at radius 3 is 2.79 bits per heavy atom. The summed E-state index contributed by atoms with van der Waals surface area (Å²) in [4.78, 5) is 6.64. The molecule has 1 atom stereocenters. The summed E-state index contributed by atoms with van der Waals surface area (Å²) in [7, 11) is 0. The molecule has 0 aliphatic carbocycles. The van der Waals surface area contributed by atoms with Crippen molar-refractivity contribution in [1.29, 1.82) is 0 Å². The van der Waals surface area contributed by atoms with Crippen molar-refractivity contribution in [2.75, 3.05) is 31.5 Å². The predicted octanol–water partition coefficient (Wildman–Crippen LogP) is 1.57. The van der Waals surface area contributed by atoms with Gasteiger partial charge in [0.05, 0.1) is 6.20 Å². The number of hydrogen-bond donors (Lipinski definition) is 2. The van der Waals surface area contributed by atoms with E-state index in [1.807, 2.05) is 24.7 Å². The molecule has 6 heteroatoms. The first-order valence-electron chi connectivity index (χ1n) is 8.97. The molecule has 4 heterocycles. The van der Waals surface area contributed by atoms with Crippen LogP contribution < -0.4 is 10.6 Å². The van der Waals surface area contributed by atoms with Crippen LogP contribution in [0, 0.1) is 5.92 Å². The van der Waals surface area contributed by atoms with E-state index in [9.17, 15) is 0 Å². The van der Waals surface area contributed by atoms with Crippen LogP contribution in [-0.4, -0.2) is 51.9 Å². The fourth-order valence-corrected chi connectivity index (χ4v) is 3.70. The van der Waals surface area contributed by atoms with E-state index in [0.717, 1.165) is 32.0 Å². The van der Waals surface area contributed by atoms with Crippen LogP contribution in [0.5, 0.6) is 0 Å². The third kappa shape index (κ3) is 3.76. The number of nitrogens with zero attached hydrogens (tertiary/aromatic N) is 4. The zero-order chi connectivity index (χ0) is 16.2. The van der Waals surface area contributed by atoms with Gasteiger partial charge >= 0.3 is 0 Å². The summed E-state index contributed by atoms with van der Waals surface area (Å²) >= 11 is 0. The Labute approximate surface area is 143 Å². The molecule has 2 aliphatic heterocycles. The molecular formula is C18H26N6. The first kappa shape index (κ1) is 15.6. The van der Waals surface area contributed by atoms with Crippen LogP contribution in [0.15, 0.2) is 36.8 Å². The number of nitrogens with one attached hydrogen (secondary N) is 2. The maximum absolute atomic E-state index is 4.37. The Bertz CT molecular complexity index is 632. The van der Waals surface area contributed by atoms with Crippen LogP contribution in [0.25, 0.3) is 0 Å². The molecule has 0 saturated carbocycles. The lowest BCUT2D eigenvalue weighted by Gasteiger charge is -2.34. The normalized spacial score (nSPS) is 22.1. The van der Waals surface area contributed by atoms with E-state index in [2.05, 4.69) is 42.4 Å². The summed E-state index contributed by atoms with van der Waals surface area (Å²) in [6.45, 7) is 6.52. The number of pyridine rings is 1. The molecule has 1 saturated heterocycles. The van der Waals surface area contributed by atoms with Gasteiger partial charge in [-0.15, -0.1) is 0 Å². The van der Waals surface area contributed by atoms with Gasteiger partial charge in [-0.05, 0) is 43.6 Å². The Morgan fingerprint density at radius 2 is 1.96 bits per heavy atom. The molecule has 0 unspecified atom stereocenters. The number of aromatic nitrogens is 3. The van der Waals surface area contributed by atoms with Crippen molar-refractivity contribution in [3.8, 4) is 0 Å². The Balaban J connectivity index is 1.19. The summed E-state index contributed by atoms with van der Waals surface area (Å²) < 4.78 is 2.08. The molecule has 128 valence electrons. The minimum absolute atomic E-state index is 0.618. The average molecular weight is 326 g/mol. The first-order chi connectivity index (χ1) is 11.9. The number of hydrogen-bond acceptors (Lipinski definition) is 5. The SMILES string of the molecule is c1cc(CN2CCC(NC[C@H]3CNc4ccnn4C3)CC2)ccn1. The fourth-order valence-electron chi connectivity index (χ4n) is 3.70. The highest BCUT2D eigenvalue weighted by Crippen LogP contribution is 2.17. The van der Waals surface area contributed by atoms with Gasteiger partial charge in [0.15, 0.2) is 0 Å². The van der Waals surface area contributed by atoms with E-state index >= 15 is 0 Å². The molecule has 0 amide bonds. The van der Waals surface area contributed by atoms with Crippen LogP contribution in [0.1, 0.15) is 18.4 Å². The third-order valence-corrected chi connectivity index (χ3v) is 5.16. The first-order valence-corrected chi connectivity index (χ1v) is 8.97. The van der Waals surface area contributed by atoms with Crippen molar-refractivity contribution < 1.29 is 0 Å². The Morgan fingerprint density at radius 1 is 1.12 bits per heavy atom. The molecule has 2 N–H and O–H groups in total. The molecule has 2 aliphatic rings. The number of rotatable bonds is 5. The van der Waals surface area contributed by atoms with Crippen molar-refractivity contribution in [3.05, 3.63) is 42.4 Å². The lowest BCUT2D eigenvalue weighted by molar-refractivity contribution is 0.186. The van der Waals surface area contributed by atoms with Crippen LogP contribution >= 0.6 is 0 Å². The standard InChI is InChI=1S/C18H26N6/c1-6-19-7-2-15(1)13-23-9-4-17(5-10-23)20-11-16-12-21-18-3-8-22-24(18)14-16/h1-3,6-8,16-17,20-21H,4-5,9-14H2/t16-/m0/s1. The van der Waals surface area contributed by atoms with E-state index in [0.29, 0.717) is 12.0 Å². The second kappa shape index (κ2) is 7.32. The second-order valence-electron chi connectivity index (χ2n) is 6.96. The molecule has 0 bridgehead atoms. The van der Waals surface area contributed by atoms with E-state index in [1.54, 1.807) is 0 Å². The van der Waals surface area contributed by atoms with Crippen molar-refractivity contribution in [2.24, 2.45) is 5.92 Å². The van der Waals surface area contributed by atoms with Gasteiger partial charge in [0.1, 0.15) is 5.82 Å². The molecule has 0 spiro atoms. The molecular weight excluding hydrogens is 300 g/mol. The highest BCUT2D eigenvalue weighted by molar-refractivity contribution is 5.35. The fraction of sp³-hybridized carbons (Fsp3) is 0.556. The topological polar surface area (TPSA) is 58.0 Å². The zero-order valence-electron chi connectivity index (χ0n) is 14.1. The number of likely N-dealkylation sites (tertiary alicyclic amines) is 1. The van der Waals surface area contributed by atoms with Crippen molar-refractivity contribution in [2.45, 2.75) is 32.0 Å². The molecule has 4 rings (SSSR count). The summed E-state index contributed by atoms with van der Waals surface area (Å²) in [6, 6.07) is 6.92. The maximum Gasteiger partial charge on any atom is 0.124 e. The number of anilines is 1. The second-order valence-corrected chi connectivity index (χ2v) is 6.96. The summed E-state index contributed by atoms with van der Waals surface area (Å²) in [5.41, 5.74) is 1.36. The monoisotopic (exact) mass is 326 g/mol. The van der Waals surface area contributed by atoms with Gasteiger partial charge in [-0.1, -0.05) is 0 Å². The molecule has 2 aromatic heterocycles. The van der Waals surface area contributed by atoms with Crippen LogP contribution in [0.2, 0.25) is 0 Å². The zero-order valence-corrected chi connectivity index (χ0v) is 14.1. The molecule has 0 aromatic carbocycles. The number of piperidine rings is 1. The third-order valence-electron chi connectivity index (χ3n) is 5.16. The minimum atomic E-state index is 0.618. The molecule has 2 aromatic rings. The number of fused-ring (bicyclic) bond motifs is 1. The molecule has 24 heavy (non-hydrogen) atoms. The van der Waals surface area contributed by atoms with Gasteiger partial charge in [-0.25, -0.2) is 4.68 Å². The Hall–Kier alpha value is -1.92. The highest BCUT2D eigenvalue weighted by Gasteiger charge is 2.22. The van der Waals surface area contributed by atoms with E-state index in [-0.39, 0.29) is 0 Å². The molecule has 0 radical (unpaired) electrons. The molecule has 6 nitrogen and oxygen atoms in total. The predicted molar refractivity (Wildman–Crippen MR) is 94.7 cm³/mol. The quantitative estimate of drug-likeness (QED) is 0.873. The Kier molecular flexibility index (Phi) is 4.76. The van der Waals surface area contributed by atoms with Gasteiger partial charge in [0.25, 0.3) is 0 Å². The summed E-state index contributed by atoms with van der Waals surface area (Å²) in [6.07, 6.45) is 8.10. The van der Waals surface area contributed by atoms with Crippen LogP contribution in [-0.2, 0) is 13.1 Å².